The van der Waals surface area contributed by atoms with E-state index in [-0.39, 0.29) is 6.29 Å². The molecular formula is C11H18O2. The second-order valence-electron chi connectivity index (χ2n) is 3.98. The summed E-state index contributed by atoms with van der Waals surface area (Å²) in [4.78, 5) is 0. The van der Waals surface area contributed by atoms with Gasteiger partial charge in [-0.2, -0.15) is 0 Å². The lowest BCUT2D eigenvalue weighted by Gasteiger charge is -2.23. The quantitative estimate of drug-likeness (QED) is 0.491. The topological polar surface area (TPSA) is 18.5 Å². The van der Waals surface area contributed by atoms with Gasteiger partial charge in [0.2, 0.25) is 0 Å². The van der Waals surface area contributed by atoms with Gasteiger partial charge in [-0.1, -0.05) is 12.2 Å². The first kappa shape index (κ1) is 9.22. The van der Waals surface area contributed by atoms with Gasteiger partial charge in [-0.3, -0.25) is 0 Å². The molecule has 0 heterocycles. The predicted octanol–water partition coefficient (Wildman–Crippen LogP) is 2.35. The smallest absolute Gasteiger partial charge is 0.155 e. The molecule has 0 N–H and O–H groups in total. The van der Waals surface area contributed by atoms with Crippen LogP contribution in [0.15, 0.2) is 12.2 Å². The molecule has 1 fully saturated rings. The SMILES string of the molecule is CCOC(C)OC1CC2C=CC1C2. The van der Waals surface area contributed by atoms with Gasteiger partial charge in [0.05, 0.1) is 6.10 Å². The average molecular weight is 182 g/mol. The van der Waals surface area contributed by atoms with Crippen molar-refractivity contribution in [1.29, 1.82) is 0 Å². The summed E-state index contributed by atoms with van der Waals surface area (Å²) < 4.78 is 11.2. The van der Waals surface area contributed by atoms with E-state index in [4.69, 9.17) is 9.47 Å². The van der Waals surface area contributed by atoms with E-state index in [0.717, 1.165) is 12.5 Å². The lowest BCUT2D eigenvalue weighted by atomic mass is 10.0. The molecule has 4 atom stereocenters. The number of hydrogen-bond donors (Lipinski definition) is 0. The van der Waals surface area contributed by atoms with Crippen LogP contribution in [-0.4, -0.2) is 19.0 Å². The van der Waals surface area contributed by atoms with E-state index in [2.05, 4.69) is 12.2 Å². The molecule has 2 aliphatic rings. The molecule has 2 aliphatic carbocycles. The molecule has 13 heavy (non-hydrogen) atoms. The van der Waals surface area contributed by atoms with E-state index >= 15 is 0 Å². The Bertz CT molecular complexity index is 200. The first-order chi connectivity index (χ1) is 6.29. The minimum absolute atomic E-state index is 0.0391. The maximum absolute atomic E-state index is 5.81. The van der Waals surface area contributed by atoms with E-state index in [0.29, 0.717) is 12.0 Å². The average Bonchev–Trinajstić information content (AvgIpc) is 2.65. The van der Waals surface area contributed by atoms with Crippen molar-refractivity contribution in [3.63, 3.8) is 0 Å². The Hall–Kier alpha value is -0.340. The van der Waals surface area contributed by atoms with E-state index in [1.54, 1.807) is 0 Å². The van der Waals surface area contributed by atoms with Gasteiger partial charge in [-0.05, 0) is 32.6 Å². The van der Waals surface area contributed by atoms with E-state index < -0.39 is 0 Å². The zero-order chi connectivity index (χ0) is 9.26. The highest BCUT2D eigenvalue weighted by molar-refractivity contribution is 5.10. The van der Waals surface area contributed by atoms with Gasteiger partial charge in [0.1, 0.15) is 0 Å². The van der Waals surface area contributed by atoms with Crippen molar-refractivity contribution in [2.75, 3.05) is 6.61 Å². The minimum Gasteiger partial charge on any atom is -0.353 e. The van der Waals surface area contributed by atoms with Crippen molar-refractivity contribution < 1.29 is 9.47 Å². The van der Waals surface area contributed by atoms with Crippen molar-refractivity contribution in [3.8, 4) is 0 Å². The lowest BCUT2D eigenvalue weighted by molar-refractivity contribution is -0.162. The molecule has 0 aromatic heterocycles. The Kier molecular flexibility index (Phi) is 2.70. The third-order valence-corrected chi connectivity index (χ3v) is 2.99. The molecule has 2 bridgehead atoms. The number of rotatable bonds is 4. The molecule has 0 aromatic carbocycles. The standard InChI is InChI=1S/C11H18O2/c1-3-12-8(2)13-11-7-9-4-5-10(11)6-9/h4-5,8-11H,3,6-7H2,1-2H3. The number of ether oxygens (including phenoxy) is 2. The zero-order valence-electron chi connectivity index (χ0n) is 8.40. The molecule has 0 spiro atoms. The van der Waals surface area contributed by atoms with Crippen LogP contribution in [0.1, 0.15) is 26.7 Å². The van der Waals surface area contributed by atoms with Crippen molar-refractivity contribution >= 4 is 0 Å². The number of hydrogen-bond acceptors (Lipinski definition) is 2. The van der Waals surface area contributed by atoms with Gasteiger partial charge in [0, 0.05) is 12.5 Å². The highest BCUT2D eigenvalue weighted by atomic mass is 16.7. The molecule has 74 valence electrons. The fourth-order valence-corrected chi connectivity index (χ4v) is 2.41. The zero-order valence-corrected chi connectivity index (χ0v) is 8.40. The summed E-state index contributed by atoms with van der Waals surface area (Å²) in [6.45, 7) is 4.72. The van der Waals surface area contributed by atoms with Gasteiger partial charge < -0.3 is 9.47 Å². The molecule has 0 saturated heterocycles. The minimum atomic E-state index is -0.0391. The fraction of sp³-hybridized carbons (Fsp3) is 0.818. The molecule has 0 amide bonds. The molecule has 0 aromatic rings. The van der Waals surface area contributed by atoms with E-state index in [1.807, 2.05) is 13.8 Å². The molecule has 2 nitrogen and oxygen atoms in total. The summed E-state index contributed by atoms with van der Waals surface area (Å²) >= 11 is 0. The Balaban J connectivity index is 1.80. The van der Waals surface area contributed by atoms with Crippen LogP contribution in [0.5, 0.6) is 0 Å². The van der Waals surface area contributed by atoms with Gasteiger partial charge in [-0.25, -0.2) is 0 Å². The van der Waals surface area contributed by atoms with Crippen LogP contribution in [0.3, 0.4) is 0 Å². The van der Waals surface area contributed by atoms with Crippen LogP contribution in [0.4, 0.5) is 0 Å². The van der Waals surface area contributed by atoms with Crippen LogP contribution in [0.25, 0.3) is 0 Å². The molecule has 2 rings (SSSR count). The monoisotopic (exact) mass is 182 g/mol. The van der Waals surface area contributed by atoms with Gasteiger partial charge in [0.15, 0.2) is 6.29 Å². The molecule has 2 heteroatoms. The largest absolute Gasteiger partial charge is 0.353 e. The lowest BCUT2D eigenvalue weighted by Crippen LogP contribution is -2.25. The number of fused-ring (bicyclic) bond motifs is 2. The summed E-state index contributed by atoms with van der Waals surface area (Å²) in [5.74, 6) is 1.44. The van der Waals surface area contributed by atoms with Crippen molar-refractivity contribution in [1.82, 2.24) is 0 Å². The van der Waals surface area contributed by atoms with Crippen LogP contribution in [-0.2, 0) is 9.47 Å². The molecule has 4 unspecified atom stereocenters. The normalized spacial score (nSPS) is 38.5. The third kappa shape index (κ3) is 1.94. The van der Waals surface area contributed by atoms with E-state index in [1.165, 1.54) is 12.8 Å². The fourth-order valence-electron chi connectivity index (χ4n) is 2.41. The Labute approximate surface area is 79.9 Å². The van der Waals surface area contributed by atoms with Gasteiger partial charge >= 0.3 is 0 Å². The Morgan fingerprint density at radius 2 is 2.23 bits per heavy atom. The maximum Gasteiger partial charge on any atom is 0.155 e. The maximum atomic E-state index is 5.81. The second-order valence-corrected chi connectivity index (χ2v) is 3.98. The van der Waals surface area contributed by atoms with Crippen molar-refractivity contribution in [3.05, 3.63) is 12.2 Å². The third-order valence-electron chi connectivity index (χ3n) is 2.99. The highest BCUT2D eigenvalue weighted by Crippen LogP contribution is 2.41. The van der Waals surface area contributed by atoms with E-state index in [9.17, 15) is 0 Å². The van der Waals surface area contributed by atoms with Crippen molar-refractivity contribution in [2.45, 2.75) is 39.1 Å². The highest BCUT2D eigenvalue weighted by Gasteiger charge is 2.37. The Morgan fingerprint density at radius 1 is 1.38 bits per heavy atom. The summed E-state index contributed by atoms with van der Waals surface area (Å²) in [5, 5.41) is 0. The summed E-state index contributed by atoms with van der Waals surface area (Å²) in [6, 6.07) is 0. The molecule has 0 aliphatic heterocycles. The molecule has 0 radical (unpaired) electrons. The summed E-state index contributed by atoms with van der Waals surface area (Å²) in [7, 11) is 0. The Morgan fingerprint density at radius 3 is 2.77 bits per heavy atom. The molecule has 1 saturated carbocycles. The van der Waals surface area contributed by atoms with Crippen molar-refractivity contribution in [2.24, 2.45) is 11.8 Å². The number of allylic oxidation sites excluding steroid dienone is 1. The van der Waals surface area contributed by atoms with Crippen LogP contribution < -0.4 is 0 Å². The summed E-state index contributed by atoms with van der Waals surface area (Å²) in [6.07, 6.45) is 7.49. The summed E-state index contributed by atoms with van der Waals surface area (Å²) in [5.41, 5.74) is 0. The van der Waals surface area contributed by atoms with Crippen LogP contribution in [0.2, 0.25) is 0 Å². The predicted molar refractivity (Wildman–Crippen MR) is 51.3 cm³/mol. The van der Waals surface area contributed by atoms with Crippen LogP contribution >= 0.6 is 0 Å². The first-order valence-corrected chi connectivity index (χ1v) is 5.25. The van der Waals surface area contributed by atoms with Gasteiger partial charge in [-0.15, -0.1) is 0 Å². The van der Waals surface area contributed by atoms with Gasteiger partial charge in [0.25, 0.3) is 0 Å². The molecular weight excluding hydrogens is 164 g/mol. The second kappa shape index (κ2) is 3.81. The first-order valence-electron chi connectivity index (χ1n) is 5.25. The van der Waals surface area contributed by atoms with Crippen LogP contribution in [0, 0.1) is 11.8 Å².